The fourth-order valence-electron chi connectivity index (χ4n) is 3.68. The number of para-hydroxylation sites is 2. The Hall–Kier alpha value is -4.12. The summed E-state index contributed by atoms with van der Waals surface area (Å²) in [6, 6.07) is 12.6. The molecule has 3 rings (SSSR count). The number of anilines is 2. The highest BCUT2D eigenvalue weighted by atomic mass is 32.1. The summed E-state index contributed by atoms with van der Waals surface area (Å²) in [4.78, 5) is 41.1. The maximum atomic E-state index is 14.2. The number of carbonyl (C=O) groups excluding carboxylic acids is 3. The summed E-state index contributed by atoms with van der Waals surface area (Å²) >= 11 is 0.739. The summed E-state index contributed by atoms with van der Waals surface area (Å²) in [7, 11) is 1.54. The molecule has 0 aliphatic rings. The summed E-state index contributed by atoms with van der Waals surface area (Å²) in [5.41, 5.74) is 11.4. The Labute approximate surface area is 219 Å². The van der Waals surface area contributed by atoms with Gasteiger partial charge in [-0.3, -0.25) is 19.3 Å². The number of rotatable bonds is 9. The van der Waals surface area contributed by atoms with Crippen molar-refractivity contribution in [3.63, 3.8) is 0 Å². The molecule has 2 aromatic carbocycles. The van der Waals surface area contributed by atoms with E-state index in [0.29, 0.717) is 29.4 Å². The van der Waals surface area contributed by atoms with Crippen LogP contribution in [0.2, 0.25) is 0 Å². The lowest BCUT2D eigenvalue weighted by molar-refractivity contribution is -0.123. The van der Waals surface area contributed by atoms with Gasteiger partial charge in [-0.15, -0.1) is 0 Å². The van der Waals surface area contributed by atoms with Crippen molar-refractivity contribution < 1.29 is 23.9 Å². The van der Waals surface area contributed by atoms with E-state index in [0.717, 1.165) is 11.5 Å². The molecule has 1 unspecified atom stereocenters. The number of methoxy groups -OCH3 is 1. The quantitative estimate of drug-likeness (QED) is 0.387. The number of benzene rings is 2. The zero-order valence-corrected chi connectivity index (χ0v) is 22.2. The Kier molecular flexibility index (Phi) is 8.38. The molecule has 0 fully saturated rings. The molecule has 0 radical (unpaired) electrons. The Balaban J connectivity index is 2.29. The molecule has 0 aliphatic heterocycles. The number of nitrogens with one attached hydrogen (secondary N) is 1. The molecular formula is C26H31N5O5S. The second kappa shape index (κ2) is 11.3. The molecule has 3 aromatic rings. The Bertz CT molecular complexity index is 1280. The first kappa shape index (κ1) is 27.5. The van der Waals surface area contributed by atoms with Crippen LogP contribution in [0.15, 0.2) is 48.5 Å². The van der Waals surface area contributed by atoms with Gasteiger partial charge in [-0.2, -0.15) is 4.37 Å². The van der Waals surface area contributed by atoms with E-state index >= 15 is 0 Å². The van der Waals surface area contributed by atoms with E-state index in [1.807, 2.05) is 27.7 Å². The molecule has 196 valence electrons. The molecule has 0 saturated carbocycles. The molecule has 37 heavy (non-hydrogen) atoms. The minimum atomic E-state index is -1.14. The van der Waals surface area contributed by atoms with Crippen LogP contribution in [0.5, 0.6) is 11.5 Å². The minimum absolute atomic E-state index is 0.0258. The van der Waals surface area contributed by atoms with Gasteiger partial charge in [0.25, 0.3) is 11.8 Å². The molecule has 1 aromatic heterocycles. The summed E-state index contributed by atoms with van der Waals surface area (Å²) in [5.74, 6) is -0.955. The van der Waals surface area contributed by atoms with E-state index in [4.69, 9.17) is 20.9 Å². The van der Waals surface area contributed by atoms with E-state index in [9.17, 15) is 14.4 Å². The summed E-state index contributed by atoms with van der Waals surface area (Å²) in [6.45, 7) is 7.68. The topological polar surface area (TPSA) is 150 Å². The summed E-state index contributed by atoms with van der Waals surface area (Å²) in [5, 5.41) is 2.97. The van der Waals surface area contributed by atoms with Crippen LogP contribution in [0.3, 0.4) is 0 Å². The van der Waals surface area contributed by atoms with Gasteiger partial charge in [0.05, 0.1) is 25.1 Å². The number of aromatic nitrogens is 1. The fourth-order valence-corrected chi connectivity index (χ4v) is 4.42. The number of hydrogen-bond acceptors (Lipinski definition) is 8. The minimum Gasteiger partial charge on any atom is -0.497 e. The van der Waals surface area contributed by atoms with Crippen LogP contribution < -0.4 is 31.2 Å². The molecular weight excluding hydrogens is 494 g/mol. The first-order valence-electron chi connectivity index (χ1n) is 11.5. The smallest absolute Gasteiger partial charge is 0.273 e. The van der Waals surface area contributed by atoms with Crippen LogP contribution >= 0.6 is 11.5 Å². The van der Waals surface area contributed by atoms with Crippen molar-refractivity contribution in [3.05, 3.63) is 64.7 Å². The van der Waals surface area contributed by atoms with Gasteiger partial charge < -0.3 is 26.3 Å². The highest BCUT2D eigenvalue weighted by Gasteiger charge is 2.38. The molecule has 0 spiro atoms. The van der Waals surface area contributed by atoms with Crippen molar-refractivity contribution in [2.75, 3.05) is 24.4 Å². The SMILES string of the molecule is CCOc1ccccc1N(C(=O)c1snc(C(N)=O)c1N)C(C(=O)NC(C)(C)C)c1ccc(OC)cc1. The zero-order chi connectivity index (χ0) is 27.3. The lowest BCUT2D eigenvalue weighted by atomic mass is 10.00. The number of carbonyl (C=O) groups is 3. The maximum absolute atomic E-state index is 14.2. The van der Waals surface area contributed by atoms with Gasteiger partial charge >= 0.3 is 0 Å². The average Bonchev–Trinajstić information content (AvgIpc) is 3.23. The Morgan fingerprint density at radius 1 is 1.11 bits per heavy atom. The van der Waals surface area contributed by atoms with Gasteiger partial charge in [0.1, 0.15) is 22.4 Å². The zero-order valence-electron chi connectivity index (χ0n) is 21.4. The standard InChI is InChI=1S/C26H31N5O5S/c1-6-36-18-10-8-7-9-17(18)31(25(34)22-19(27)20(23(28)32)30-37-22)21(24(33)29-26(2,3)4)15-11-13-16(35-5)14-12-15/h7-14,21H,6,27H2,1-5H3,(H2,28,32)(H,29,33). The third kappa shape index (κ3) is 6.18. The molecule has 1 heterocycles. The normalized spacial score (nSPS) is 11.9. The number of primary amides is 1. The summed E-state index contributed by atoms with van der Waals surface area (Å²) in [6.07, 6.45) is 0. The van der Waals surface area contributed by atoms with Gasteiger partial charge in [0.2, 0.25) is 5.91 Å². The number of nitrogens with zero attached hydrogens (tertiary/aromatic N) is 2. The maximum Gasteiger partial charge on any atom is 0.273 e. The molecule has 0 bridgehead atoms. The fraction of sp³-hybridized carbons (Fsp3) is 0.308. The van der Waals surface area contributed by atoms with Crippen molar-refractivity contribution in [1.29, 1.82) is 0 Å². The Morgan fingerprint density at radius 2 is 1.76 bits per heavy atom. The average molecular weight is 526 g/mol. The van der Waals surface area contributed by atoms with Gasteiger partial charge in [0.15, 0.2) is 5.69 Å². The van der Waals surface area contributed by atoms with Crippen molar-refractivity contribution in [3.8, 4) is 11.5 Å². The highest BCUT2D eigenvalue weighted by Crippen LogP contribution is 2.38. The van der Waals surface area contributed by atoms with Crippen molar-refractivity contribution >= 4 is 40.6 Å². The predicted octanol–water partition coefficient (Wildman–Crippen LogP) is 3.53. The van der Waals surface area contributed by atoms with Gasteiger partial charge in [-0.25, -0.2) is 0 Å². The van der Waals surface area contributed by atoms with Crippen molar-refractivity contribution in [1.82, 2.24) is 9.69 Å². The van der Waals surface area contributed by atoms with E-state index in [1.54, 1.807) is 48.5 Å². The molecule has 0 saturated heterocycles. The van der Waals surface area contributed by atoms with E-state index in [2.05, 4.69) is 9.69 Å². The van der Waals surface area contributed by atoms with Crippen LogP contribution in [0, 0.1) is 0 Å². The number of ether oxygens (including phenoxy) is 2. The molecule has 11 heteroatoms. The second-order valence-electron chi connectivity index (χ2n) is 9.13. The lowest BCUT2D eigenvalue weighted by Gasteiger charge is -2.34. The third-order valence-corrected chi connectivity index (χ3v) is 6.09. The monoisotopic (exact) mass is 525 g/mol. The van der Waals surface area contributed by atoms with Crippen molar-refractivity contribution in [2.24, 2.45) is 5.73 Å². The van der Waals surface area contributed by atoms with Crippen LogP contribution in [0.4, 0.5) is 11.4 Å². The molecule has 10 nitrogen and oxygen atoms in total. The van der Waals surface area contributed by atoms with E-state index in [1.165, 1.54) is 12.0 Å². The molecule has 3 amide bonds. The molecule has 0 aliphatic carbocycles. The van der Waals surface area contributed by atoms with Crippen molar-refractivity contribution in [2.45, 2.75) is 39.3 Å². The lowest BCUT2D eigenvalue weighted by Crippen LogP contribution is -2.49. The van der Waals surface area contributed by atoms with Gasteiger partial charge in [-0.05, 0) is 69.1 Å². The Morgan fingerprint density at radius 3 is 2.30 bits per heavy atom. The highest BCUT2D eigenvalue weighted by molar-refractivity contribution is 7.09. The van der Waals surface area contributed by atoms with E-state index < -0.39 is 29.3 Å². The number of hydrogen-bond donors (Lipinski definition) is 3. The third-order valence-electron chi connectivity index (χ3n) is 5.24. The van der Waals surface area contributed by atoms with Crippen LogP contribution in [-0.4, -0.2) is 41.4 Å². The molecule has 1 atom stereocenters. The van der Waals surface area contributed by atoms with E-state index in [-0.39, 0.29) is 16.3 Å². The van der Waals surface area contributed by atoms with Crippen LogP contribution in [0.1, 0.15) is 59.5 Å². The number of nitrogens with two attached hydrogens (primary N) is 2. The predicted molar refractivity (Wildman–Crippen MR) is 143 cm³/mol. The second-order valence-corrected chi connectivity index (χ2v) is 9.90. The largest absolute Gasteiger partial charge is 0.497 e. The summed E-state index contributed by atoms with van der Waals surface area (Å²) < 4.78 is 15.1. The first-order chi connectivity index (χ1) is 17.5. The van der Waals surface area contributed by atoms with Crippen LogP contribution in [-0.2, 0) is 4.79 Å². The first-order valence-corrected chi connectivity index (χ1v) is 12.3. The molecule has 5 N–H and O–H groups in total. The van der Waals surface area contributed by atoms with Crippen LogP contribution in [0.25, 0.3) is 0 Å². The number of nitrogen functional groups attached to an aromatic ring is 1. The van der Waals surface area contributed by atoms with Gasteiger partial charge in [-0.1, -0.05) is 24.3 Å². The number of amides is 3. The van der Waals surface area contributed by atoms with Gasteiger partial charge in [0, 0.05) is 5.54 Å².